The van der Waals surface area contributed by atoms with Crippen LogP contribution >= 0.6 is 0 Å². The van der Waals surface area contributed by atoms with Crippen LogP contribution in [0.1, 0.15) is 12.1 Å². The summed E-state index contributed by atoms with van der Waals surface area (Å²) in [7, 11) is 1.49. The highest BCUT2D eigenvalue weighted by Gasteiger charge is 2.36. The van der Waals surface area contributed by atoms with E-state index in [0.29, 0.717) is 11.5 Å². The topological polar surface area (TPSA) is 75.2 Å². The van der Waals surface area contributed by atoms with Gasteiger partial charge in [0.05, 0.1) is 23.1 Å². The Bertz CT molecular complexity index is 713. The molecule has 102 valence electrons. The van der Waals surface area contributed by atoms with Crippen LogP contribution in [-0.2, 0) is 9.59 Å². The molecule has 1 fully saturated rings. The third-order valence-electron chi connectivity index (χ3n) is 3.44. The van der Waals surface area contributed by atoms with Gasteiger partial charge in [-0.1, -0.05) is 12.1 Å². The van der Waals surface area contributed by atoms with Crippen LogP contribution in [0.4, 0.5) is 5.82 Å². The zero-order chi connectivity index (χ0) is 14.3. The van der Waals surface area contributed by atoms with Crippen molar-refractivity contribution >= 4 is 28.7 Å². The largest absolute Gasteiger partial charge is 0.356 e. The Balaban J connectivity index is 1.93. The van der Waals surface area contributed by atoms with E-state index in [1.54, 1.807) is 0 Å². The first kappa shape index (κ1) is 12.5. The number of nitrogens with zero attached hydrogens (tertiary/aromatic N) is 3. The van der Waals surface area contributed by atoms with Crippen molar-refractivity contribution < 1.29 is 9.59 Å². The van der Waals surface area contributed by atoms with Gasteiger partial charge in [0.1, 0.15) is 11.9 Å². The molecule has 2 heterocycles. The van der Waals surface area contributed by atoms with Crippen LogP contribution in [0.2, 0.25) is 0 Å². The van der Waals surface area contributed by atoms with Crippen LogP contribution in [0, 0.1) is 6.92 Å². The highest BCUT2D eigenvalue weighted by molar-refractivity contribution is 6.06. The summed E-state index contributed by atoms with van der Waals surface area (Å²) in [4.78, 5) is 33.5. The minimum Gasteiger partial charge on any atom is -0.356 e. The molecule has 0 bridgehead atoms. The van der Waals surface area contributed by atoms with Gasteiger partial charge in [-0.25, -0.2) is 9.97 Å². The number of aromatic nitrogens is 2. The summed E-state index contributed by atoms with van der Waals surface area (Å²) in [5.74, 6) is 0.133. The summed E-state index contributed by atoms with van der Waals surface area (Å²) >= 11 is 0. The number of anilines is 1. The van der Waals surface area contributed by atoms with Crippen molar-refractivity contribution in [3.63, 3.8) is 0 Å². The molecule has 1 aliphatic heterocycles. The van der Waals surface area contributed by atoms with E-state index in [0.717, 1.165) is 15.9 Å². The number of amides is 2. The number of aryl methyl sites for hydroxylation is 1. The molecule has 1 aromatic heterocycles. The van der Waals surface area contributed by atoms with Crippen molar-refractivity contribution in [1.29, 1.82) is 0 Å². The van der Waals surface area contributed by atoms with Crippen LogP contribution in [0.25, 0.3) is 11.0 Å². The molecule has 1 aromatic carbocycles. The van der Waals surface area contributed by atoms with Crippen molar-refractivity contribution in [2.24, 2.45) is 0 Å². The maximum Gasteiger partial charge on any atom is 0.251 e. The van der Waals surface area contributed by atoms with E-state index in [1.165, 1.54) is 7.05 Å². The molecule has 0 saturated carbocycles. The first-order valence-corrected chi connectivity index (χ1v) is 6.36. The van der Waals surface area contributed by atoms with Gasteiger partial charge in [0.15, 0.2) is 0 Å². The second-order valence-corrected chi connectivity index (χ2v) is 4.84. The van der Waals surface area contributed by atoms with Crippen LogP contribution in [0.15, 0.2) is 24.3 Å². The number of nitrogens with one attached hydrogen (secondary N) is 1. The summed E-state index contributed by atoms with van der Waals surface area (Å²) < 4.78 is 0. The van der Waals surface area contributed by atoms with Crippen LogP contribution in [0.5, 0.6) is 0 Å². The summed E-state index contributed by atoms with van der Waals surface area (Å²) in [6.45, 7) is 1.83. The van der Waals surface area contributed by atoms with Gasteiger partial charge in [-0.3, -0.25) is 14.5 Å². The minimum atomic E-state index is -0.554. The first-order chi connectivity index (χ1) is 9.56. The zero-order valence-corrected chi connectivity index (χ0v) is 11.3. The second-order valence-electron chi connectivity index (χ2n) is 4.84. The highest BCUT2D eigenvalue weighted by atomic mass is 16.2. The van der Waals surface area contributed by atoms with Gasteiger partial charge in [0, 0.05) is 7.05 Å². The fourth-order valence-corrected chi connectivity index (χ4v) is 2.26. The third kappa shape index (κ3) is 1.99. The van der Waals surface area contributed by atoms with Crippen molar-refractivity contribution in [3.05, 3.63) is 30.0 Å². The summed E-state index contributed by atoms with van der Waals surface area (Å²) in [6.07, 6.45) is 0.156. The maximum atomic E-state index is 11.9. The molecule has 1 aliphatic rings. The number of likely N-dealkylation sites (N-methyl/N-ethyl adjacent to an activating group) is 1. The fraction of sp³-hybridized carbons (Fsp3) is 0.286. The number of imide groups is 1. The molecule has 3 rings (SSSR count). The molecule has 6 nitrogen and oxygen atoms in total. The van der Waals surface area contributed by atoms with E-state index in [9.17, 15) is 9.59 Å². The molecule has 2 aromatic rings. The van der Waals surface area contributed by atoms with Crippen LogP contribution in [-0.4, -0.2) is 39.8 Å². The number of hydrogen-bond donors (Lipinski definition) is 1. The SMILES string of the molecule is Cc1nc2ccccc2nc1NC1CC(=O)N(C)C1=O. The van der Waals surface area contributed by atoms with E-state index < -0.39 is 6.04 Å². The van der Waals surface area contributed by atoms with Gasteiger partial charge in [0.25, 0.3) is 5.91 Å². The zero-order valence-electron chi connectivity index (χ0n) is 11.3. The number of carbonyl (C=O) groups excluding carboxylic acids is 2. The predicted molar refractivity (Wildman–Crippen MR) is 74.1 cm³/mol. The standard InChI is InChI=1S/C14H14N4O2/c1-8-13(16-10-6-4-3-5-9(10)15-8)17-11-7-12(19)18(2)14(11)20/h3-6,11H,7H2,1-2H3,(H,16,17). The number of likely N-dealkylation sites (tertiary alicyclic amines) is 1. The molecule has 1 saturated heterocycles. The third-order valence-corrected chi connectivity index (χ3v) is 3.44. The summed E-state index contributed by atoms with van der Waals surface area (Å²) in [5, 5.41) is 3.03. The van der Waals surface area contributed by atoms with Crippen LogP contribution in [0.3, 0.4) is 0 Å². The summed E-state index contributed by atoms with van der Waals surface area (Å²) in [5.41, 5.74) is 2.27. The molecule has 0 aliphatic carbocycles. The van der Waals surface area contributed by atoms with E-state index in [-0.39, 0.29) is 18.2 Å². The number of para-hydroxylation sites is 2. The number of carbonyl (C=O) groups is 2. The average Bonchev–Trinajstić information content (AvgIpc) is 2.67. The van der Waals surface area contributed by atoms with Crippen molar-refractivity contribution in [3.8, 4) is 0 Å². The van der Waals surface area contributed by atoms with Gasteiger partial charge in [-0.2, -0.15) is 0 Å². The molecule has 20 heavy (non-hydrogen) atoms. The fourth-order valence-electron chi connectivity index (χ4n) is 2.26. The Hall–Kier alpha value is -2.50. The molecule has 1 atom stereocenters. The molecular weight excluding hydrogens is 256 g/mol. The van der Waals surface area contributed by atoms with Gasteiger partial charge in [-0.05, 0) is 19.1 Å². The molecule has 2 amide bonds. The van der Waals surface area contributed by atoms with Crippen molar-refractivity contribution in [2.45, 2.75) is 19.4 Å². The first-order valence-electron chi connectivity index (χ1n) is 6.36. The smallest absolute Gasteiger partial charge is 0.251 e. The lowest BCUT2D eigenvalue weighted by Crippen LogP contribution is -2.32. The number of benzene rings is 1. The maximum absolute atomic E-state index is 11.9. The highest BCUT2D eigenvalue weighted by Crippen LogP contribution is 2.20. The van der Waals surface area contributed by atoms with E-state index in [4.69, 9.17) is 0 Å². The summed E-state index contributed by atoms with van der Waals surface area (Å²) in [6, 6.07) is 6.98. The van der Waals surface area contributed by atoms with E-state index in [1.807, 2.05) is 31.2 Å². The Kier molecular flexibility index (Phi) is 2.85. The lowest BCUT2D eigenvalue weighted by molar-refractivity contribution is -0.136. The molecule has 1 N–H and O–H groups in total. The average molecular weight is 270 g/mol. The Morgan fingerprint density at radius 2 is 1.85 bits per heavy atom. The Labute approximate surface area is 115 Å². The van der Waals surface area contributed by atoms with Gasteiger partial charge < -0.3 is 5.32 Å². The normalized spacial score (nSPS) is 18.9. The van der Waals surface area contributed by atoms with Gasteiger partial charge in [0.2, 0.25) is 5.91 Å². The van der Waals surface area contributed by atoms with E-state index in [2.05, 4.69) is 15.3 Å². The molecule has 1 unspecified atom stereocenters. The van der Waals surface area contributed by atoms with Crippen molar-refractivity contribution in [1.82, 2.24) is 14.9 Å². The van der Waals surface area contributed by atoms with Crippen molar-refractivity contribution in [2.75, 3.05) is 12.4 Å². The second kappa shape index (κ2) is 4.56. The minimum absolute atomic E-state index is 0.156. The molecule has 6 heteroatoms. The van der Waals surface area contributed by atoms with Crippen LogP contribution < -0.4 is 5.32 Å². The van der Waals surface area contributed by atoms with E-state index >= 15 is 0 Å². The number of fused-ring (bicyclic) bond motifs is 1. The number of hydrogen-bond acceptors (Lipinski definition) is 5. The van der Waals surface area contributed by atoms with Gasteiger partial charge in [-0.15, -0.1) is 0 Å². The Morgan fingerprint density at radius 3 is 2.45 bits per heavy atom. The lowest BCUT2D eigenvalue weighted by atomic mass is 10.2. The Morgan fingerprint density at radius 1 is 1.20 bits per heavy atom. The predicted octanol–water partition coefficient (Wildman–Crippen LogP) is 1.11. The van der Waals surface area contributed by atoms with Gasteiger partial charge >= 0.3 is 0 Å². The molecule has 0 spiro atoms. The lowest BCUT2D eigenvalue weighted by Gasteiger charge is -2.13. The molecule has 0 radical (unpaired) electrons. The quantitative estimate of drug-likeness (QED) is 0.827. The molecular formula is C14H14N4O2. The number of rotatable bonds is 2. The monoisotopic (exact) mass is 270 g/mol.